The Morgan fingerprint density at radius 3 is 2.86 bits per heavy atom. The number of fused-ring (bicyclic) bond motifs is 1. The number of benzene rings is 1. The largest absolute Gasteiger partial charge is 0.508 e. The molecule has 0 spiro atoms. The van der Waals surface area contributed by atoms with Crippen molar-refractivity contribution < 1.29 is 15.0 Å². The molecule has 1 heterocycles. The lowest BCUT2D eigenvalue weighted by Gasteiger charge is -2.61. The molecule has 0 aromatic heterocycles. The number of carbonyl (C=O) groups is 1. The minimum Gasteiger partial charge on any atom is -0.508 e. The van der Waals surface area contributed by atoms with Crippen molar-refractivity contribution in [1.29, 1.82) is 0 Å². The quantitative estimate of drug-likeness (QED) is 0.729. The molecular weight excluding hydrogens is 364 g/mol. The van der Waals surface area contributed by atoms with Gasteiger partial charge in [-0.2, -0.15) is 0 Å². The Morgan fingerprint density at radius 2 is 2.14 bits per heavy atom. The normalized spacial score (nSPS) is 36.4. The number of likely N-dealkylation sites (tertiary alicyclic amines) is 1. The van der Waals surface area contributed by atoms with Crippen LogP contribution in [0.1, 0.15) is 57.1 Å². The van der Waals surface area contributed by atoms with E-state index >= 15 is 0 Å². The summed E-state index contributed by atoms with van der Waals surface area (Å²) >= 11 is 0. The van der Waals surface area contributed by atoms with Gasteiger partial charge in [-0.25, -0.2) is 0 Å². The molecule has 0 radical (unpaired) electrons. The second kappa shape index (κ2) is 6.98. The lowest BCUT2D eigenvalue weighted by Crippen LogP contribution is -2.66. The number of piperidine rings is 1. The van der Waals surface area contributed by atoms with Gasteiger partial charge in [0.25, 0.3) is 0 Å². The Labute approximate surface area is 173 Å². The molecule has 5 heteroatoms. The van der Waals surface area contributed by atoms with Crippen LogP contribution < -0.4 is 5.32 Å². The number of amides is 1. The first-order valence-corrected chi connectivity index (χ1v) is 11.4. The fourth-order valence-corrected chi connectivity index (χ4v) is 6.41. The number of nitrogens with zero attached hydrogens (tertiary/aromatic N) is 1. The summed E-state index contributed by atoms with van der Waals surface area (Å²) in [5.74, 6) is 1.53. The topological polar surface area (TPSA) is 72.8 Å². The molecule has 2 saturated carbocycles. The zero-order valence-electron chi connectivity index (χ0n) is 17.6. The van der Waals surface area contributed by atoms with Crippen LogP contribution >= 0.6 is 0 Å². The molecule has 1 aromatic rings. The summed E-state index contributed by atoms with van der Waals surface area (Å²) < 4.78 is 0. The molecule has 1 amide bonds. The second-order valence-corrected chi connectivity index (χ2v) is 10.3. The van der Waals surface area contributed by atoms with Gasteiger partial charge in [-0.1, -0.05) is 19.9 Å². The van der Waals surface area contributed by atoms with Crippen molar-refractivity contribution in [2.24, 2.45) is 17.8 Å². The fraction of sp³-hybridized carbons (Fsp3) is 0.708. The SMILES string of the molecule is CC(C)C(=O)N[C@H]1C[C@H]2[C@H]3Cc4ccc(O)cc4[C@@]2(CCN3CC2CC2)C[C@H]1O. The monoisotopic (exact) mass is 398 g/mol. The van der Waals surface area contributed by atoms with Crippen LogP contribution in [0.2, 0.25) is 0 Å². The Hall–Kier alpha value is -1.59. The Kier molecular flexibility index (Phi) is 4.67. The molecule has 1 aromatic carbocycles. The maximum atomic E-state index is 12.4. The van der Waals surface area contributed by atoms with Gasteiger partial charge in [0.2, 0.25) is 5.91 Å². The minimum atomic E-state index is -0.544. The number of rotatable bonds is 4. The van der Waals surface area contributed by atoms with E-state index in [1.807, 2.05) is 26.0 Å². The van der Waals surface area contributed by atoms with Crippen molar-refractivity contribution >= 4 is 5.91 Å². The molecule has 1 saturated heterocycles. The number of nitrogens with one attached hydrogen (secondary N) is 1. The standard InChI is InChI=1S/C24H34N2O3/c1-14(2)23(29)25-20-11-19-21-9-16-5-6-17(27)10-18(16)24(19,12-22(20)28)7-8-26(21)13-15-3-4-15/h5-6,10,14-15,19-22,27-28H,3-4,7-9,11-13H2,1-2H3,(H,25,29)/t19-,20-,21+,22+,24+/m0/s1. The molecule has 3 fully saturated rings. The highest BCUT2D eigenvalue weighted by atomic mass is 16.3. The summed E-state index contributed by atoms with van der Waals surface area (Å²) in [6.07, 6.45) is 5.70. The van der Waals surface area contributed by atoms with Crippen molar-refractivity contribution in [2.45, 2.75) is 76.0 Å². The molecule has 5 rings (SSSR count). The van der Waals surface area contributed by atoms with Crippen molar-refractivity contribution in [2.75, 3.05) is 13.1 Å². The predicted octanol–water partition coefficient (Wildman–Crippen LogP) is 2.58. The van der Waals surface area contributed by atoms with E-state index in [1.165, 1.54) is 30.5 Å². The molecule has 3 aliphatic carbocycles. The number of phenolic OH excluding ortho intramolecular Hbond substituents is 1. The molecule has 5 nitrogen and oxygen atoms in total. The Morgan fingerprint density at radius 1 is 1.34 bits per heavy atom. The fourth-order valence-electron chi connectivity index (χ4n) is 6.41. The van der Waals surface area contributed by atoms with Crippen LogP contribution in [0.4, 0.5) is 0 Å². The van der Waals surface area contributed by atoms with Gasteiger partial charge in [-0.05, 0) is 80.2 Å². The number of phenols is 1. The van der Waals surface area contributed by atoms with Crippen LogP contribution in [0.25, 0.3) is 0 Å². The molecule has 2 bridgehead atoms. The number of hydrogen-bond donors (Lipinski definition) is 3. The van der Waals surface area contributed by atoms with E-state index in [9.17, 15) is 15.0 Å². The molecular formula is C24H34N2O3. The van der Waals surface area contributed by atoms with Gasteiger partial charge >= 0.3 is 0 Å². The molecule has 3 N–H and O–H groups in total. The molecule has 1 aliphatic heterocycles. The van der Waals surface area contributed by atoms with Gasteiger partial charge in [0.1, 0.15) is 5.75 Å². The van der Waals surface area contributed by atoms with Crippen molar-refractivity contribution in [3.63, 3.8) is 0 Å². The third kappa shape index (κ3) is 3.27. The molecule has 158 valence electrons. The zero-order chi connectivity index (χ0) is 20.3. The van der Waals surface area contributed by atoms with Gasteiger partial charge in [-0.3, -0.25) is 9.69 Å². The number of carbonyl (C=O) groups excluding carboxylic acids is 1. The third-order valence-electron chi connectivity index (χ3n) is 8.13. The third-order valence-corrected chi connectivity index (χ3v) is 8.13. The minimum absolute atomic E-state index is 0.0267. The summed E-state index contributed by atoms with van der Waals surface area (Å²) in [5, 5.41) is 24.4. The Bertz CT molecular complexity index is 805. The highest BCUT2D eigenvalue weighted by Gasteiger charge is 2.57. The summed E-state index contributed by atoms with van der Waals surface area (Å²) in [7, 11) is 0. The van der Waals surface area contributed by atoms with Crippen LogP contribution in [0, 0.1) is 17.8 Å². The lowest BCUT2D eigenvalue weighted by atomic mass is 9.51. The van der Waals surface area contributed by atoms with Gasteiger partial charge in [0.15, 0.2) is 0 Å². The van der Waals surface area contributed by atoms with E-state index in [1.54, 1.807) is 0 Å². The Balaban J connectivity index is 1.50. The maximum absolute atomic E-state index is 12.4. The summed E-state index contributed by atoms with van der Waals surface area (Å²) in [6.45, 7) is 6.06. The molecule has 4 aliphatic rings. The first-order chi connectivity index (χ1) is 13.9. The van der Waals surface area contributed by atoms with Crippen molar-refractivity contribution in [1.82, 2.24) is 10.2 Å². The molecule has 5 atom stereocenters. The van der Waals surface area contributed by atoms with Crippen molar-refractivity contribution in [3.05, 3.63) is 29.3 Å². The smallest absolute Gasteiger partial charge is 0.222 e. The van der Waals surface area contributed by atoms with Gasteiger partial charge in [0, 0.05) is 23.9 Å². The van der Waals surface area contributed by atoms with Crippen LogP contribution in [0.15, 0.2) is 18.2 Å². The number of aliphatic hydroxyl groups is 1. The van der Waals surface area contributed by atoms with Crippen LogP contribution in [-0.4, -0.2) is 52.3 Å². The summed E-state index contributed by atoms with van der Waals surface area (Å²) in [6, 6.07) is 6.14. The van der Waals surface area contributed by atoms with Gasteiger partial charge < -0.3 is 15.5 Å². The van der Waals surface area contributed by atoms with Gasteiger partial charge in [-0.15, -0.1) is 0 Å². The molecule has 29 heavy (non-hydrogen) atoms. The van der Waals surface area contributed by atoms with E-state index in [2.05, 4.69) is 16.3 Å². The van der Waals surface area contributed by atoms with E-state index in [-0.39, 0.29) is 23.3 Å². The first kappa shape index (κ1) is 19.4. The van der Waals surface area contributed by atoms with E-state index in [0.717, 1.165) is 31.7 Å². The van der Waals surface area contributed by atoms with Crippen molar-refractivity contribution in [3.8, 4) is 5.75 Å². The highest BCUT2D eigenvalue weighted by molar-refractivity contribution is 5.78. The van der Waals surface area contributed by atoms with Crippen LogP contribution in [-0.2, 0) is 16.6 Å². The maximum Gasteiger partial charge on any atom is 0.222 e. The highest BCUT2D eigenvalue weighted by Crippen LogP contribution is 2.56. The van der Waals surface area contributed by atoms with Crippen LogP contribution in [0.5, 0.6) is 5.75 Å². The summed E-state index contributed by atoms with van der Waals surface area (Å²) in [4.78, 5) is 15.1. The van der Waals surface area contributed by atoms with E-state index in [0.29, 0.717) is 24.1 Å². The second-order valence-electron chi connectivity index (χ2n) is 10.3. The average molecular weight is 399 g/mol. The number of hydrogen-bond acceptors (Lipinski definition) is 4. The average Bonchev–Trinajstić information content (AvgIpc) is 3.49. The van der Waals surface area contributed by atoms with E-state index in [4.69, 9.17) is 0 Å². The number of aromatic hydroxyl groups is 1. The number of aliphatic hydroxyl groups excluding tert-OH is 1. The first-order valence-electron chi connectivity index (χ1n) is 11.4. The van der Waals surface area contributed by atoms with Crippen LogP contribution in [0.3, 0.4) is 0 Å². The van der Waals surface area contributed by atoms with E-state index < -0.39 is 6.10 Å². The molecule has 0 unspecified atom stereocenters. The van der Waals surface area contributed by atoms with Gasteiger partial charge in [0.05, 0.1) is 12.1 Å². The zero-order valence-corrected chi connectivity index (χ0v) is 17.6. The summed E-state index contributed by atoms with van der Waals surface area (Å²) in [5.41, 5.74) is 2.49. The lowest BCUT2D eigenvalue weighted by molar-refractivity contribution is -0.128. The predicted molar refractivity (Wildman–Crippen MR) is 112 cm³/mol.